The van der Waals surface area contributed by atoms with Crippen molar-refractivity contribution in [1.82, 2.24) is 4.90 Å². The van der Waals surface area contributed by atoms with Crippen LogP contribution in [-0.2, 0) is 0 Å². The van der Waals surface area contributed by atoms with Crippen LogP contribution in [0.1, 0.15) is 39.1 Å². The summed E-state index contributed by atoms with van der Waals surface area (Å²) in [7, 11) is 0. The third-order valence-corrected chi connectivity index (χ3v) is 3.59. The van der Waals surface area contributed by atoms with Crippen LogP contribution in [0.15, 0.2) is 18.2 Å². The quantitative estimate of drug-likeness (QED) is 0.734. The van der Waals surface area contributed by atoms with Crippen LogP contribution in [0.25, 0.3) is 0 Å². The minimum absolute atomic E-state index is 0.00212. The predicted octanol–water partition coefficient (Wildman–Crippen LogP) is 1.08. The highest BCUT2D eigenvalue weighted by Gasteiger charge is 2.44. The van der Waals surface area contributed by atoms with E-state index in [4.69, 9.17) is 5.73 Å². The van der Waals surface area contributed by atoms with Gasteiger partial charge in [0.2, 0.25) is 0 Å². The highest BCUT2D eigenvalue weighted by atomic mass is 16.2. The molecule has 1 aromatic carbocycles. The SMILES string of the molecule is Cc1ccc2c(c1)C(=O)N(C1CC(N)C1)C2=O. The second kappa shape index (κ2) is 3.40. The van der Waals surface area contributed by atoms with Crippen LogP contribution in [0.2, 0.25) is 0 Å². The van der Waals surface area contributed by atoms with E-state index in [0.717, 1.165) is 18.4 Å². The number of imide groups is 1. The Morgan fingerprint density at radius 3 is 2.47 bits per heavy atom. The second-order valence-electron chi connectivity index (χ2n) is 4.91. The van der Waals surface area contributed by atoms with E-state index in [1.165, 1.54) is 4.90 Å². The third kappa shape index (κ3) is 1.41. The van der Waals surface area contributed by atoms with Crippen molar-refractivity contribution in [2.45, 2.75) is 31.8 Å². The highest BCUT2D eigenvalue weighted by Crippen LogP contribution is 2.32. The lowest BCUT2D eigenvalue weighted by atomic mass is 9.86. The monoisotopic (exact) mass is 230 g/mol. The number of carbonyl (C=O) groups is 2. The Bertz CT molecular complexity index is 518. The van der Waals surface area contributed by atoms with Crippen molar-refractivity contribution < 1.29 is 9.59 Å². The van der Waals surface area contributed by atoms with Gasteiger partial charge in [0, 0.05) is 12.1 Å². The van der Waals surface area contributed by atoms with Gasteiger partial charge in [0.1, 0.15) is 0 Å². The van der Waals surface area contributed by atoms with E-state index in [9.17, 15) is 9.59 Å². The molecule has 0 atom stereocenters. The van der Waals surface area contributed by atoms with Crippen LogP contribution in [0.3, 0.4) is 0 Å². The summed E-state index contributed by atoms with van der Waals surface area (Å²) in [6, 6.07) is 5.52. The third-order valence-electron chi connectivity index (χ3n) is 3.59. The molecule has 1 fully saturated rings. The topological polar surface area (TPSA) is 63.4 Å². The fraction of sp³-hybridized carbons (Fsp3) is 0.385. The van der Waals surface area contributed by atoms with E-state index in [1.807, 2.05) is 13.0 Å². The van der Waals surface area contributed by atoms with Gasteiger partial charge in [-0.05, 0) is 31.9 Å². The lowest BCUT2D eigenvalue weighted by Crippen LogP contribution is -2.52. The average molecular weight is 230 g/mol. The molecule has 0 radical (unpaired) electrons. The van der Waals surface area contributed by atoms with E-state index in [2.05, 4.69) is 0 Å². The van der Waals surface area contributed by atoms with Crippen LogP contribution in [-0.4, -0.2) is 28.8 Å². The summed E-state index contributed by atoms with van der Waals surface area (Å²) in [6.45, 7) is 1.92. The summed E-state index contributed by atoms with van der Waals surface area (Å²) in [5, 5.41) is 0. The maximum Gasteiger partial charge on any atom is 0.261 e. The lowest BCUT2D eigenvalue weighted by Gasteiger charge is -2.37. The van der Waals surface area contributed by atoms with Gasteiger partial charge >= 0.3 is 0 Å². The molecule has 0 aromatic heterocycles. The van der Waals surface area contributed by atoms with Crippen LogP contribution >= 0.6 is 0 Å². The number of benzene rings is 1. The molecule has 0 saturated heterocycles. The minimum atomic E-state index is -0.165. The van der Waals surface area contributed by atoms with Gasteiger partial charge in [-0.2, -0.15) is 0 Å². The highest BCUT2D eigenvalue weighted by molar-refractivity contribution is 6.21. The average Bonchev–Trinajstić information content (AvgIpc) is 2.48. The van der Waals surface area contributed by atoms with Crippen molar-refractivity contribution >= 4 is 11.8 Å². The molecule has 0 unspecified atom stereocenters. The van der Waals surface area contributed by atoms with E-state index < -0.39 is 0 Å². The molecule has 2 N–H and O–H groups in total. The van der Waals surface area contributed by atoms with Gasteiger partial charge in [0.15, 0.2) is 0 Å². The van der Waals surface area contributed by atoms with Gasteiger partial charge in [-0.1, -0.05) is 11.6 Å². The maximum atomic E-state index is 12.2. The molecule has 4 nitrogen and oxygen atoms in total. The molecule has 88 valence electrons. The van der Waals surface area contributed by atoms with Crippen molar-refractivity contribution in [3.63, 3.8) is 0 Å². The summed E-state index contributed by atoms with van der Waals surface area (Å²) < 4.78 is 0. The first-order valence-electron chi connectivity index (χ1n) is 5.82. The first-order chi connectivity index (χ1) is 8.08. The van der Waals surface area contributed by atoms with Crippen LogP contribution < -0.4 is 5.73 Å². The molecule has 17 heavy (non-hydrogen) atoms. The maximum absolute atomic E-state index is 12.2. The molecule has 1 saturated carbocycles. The fourth-order valence-electron chi connectivity index (χ4n) is 2.55. The molecule has 4 heteroatoms. The first kappa shape index (κ1) is 10.5. The smallest absolute Gasteiger partial charge is 0.261 e. The molecule has 1 heterocycles. The molecule has 1 aromatic rings. The Morgan fingerprint density at radius 2 is 1.82 bits per heavy atom. The number of rotatable bonds is 1. The van der Waals surface area contributed by atoms with E-state index >= 15 is 0 Å². The van der Waals surface area contributed by atoms with Crippen LogP contribution in [0, 0.1) is 6.92 Å². The molecule has 1 aliphatic carbocycles. The van der Waals surface area contributed by atoms with Crippen molar-refractivity contribution in [1.29, 1.82) is 0 Å². The Balaban J connectivity index is 1.97. The Hall–Kier alpha value is -1.68. The number of aryl methyl sites for hydroxylation is 1. The molecule has 2 amide bonds. The molecule has 1 aliphatic heterocycles. The van der Waals surface area contributed by atoms with E-state index in [-0.39, 0.29) is 23.9 Å². The summed E-state index contributed by atoms with van der Waals surface area (Å²) in [5.41, 5.74) is 7.77. The normalized spacial score (nSPS) is 27.1. The van der Waals surface area contributed by atoms with Gasteiger partial charge in [-0.3, -0.25) is 14.5 Å². The molecular formula is C13H14N2O2. The van der Waals surface area contributed by atoms with Gasteiger partial charge in [0.05, 0.1) is 11.1 Å². The van der Waals surface area contributed by atoms with Crippen molar-refractivity contribution in [2.75, 3.05) is 0 Å². The van der Waals surface area contributed by atoms with Gasteiger partial charge in [-0.15, -0.1) is 0 Å². The summed E-state index contributed by atoms with van der Waals surface area (Å²) in [6.07, 6.45) is 1.45. The predicted molar refractivity (Wildman–Crippen MR) is 62.7 cm³/mol. The van der Waals surface area contributed by atoms with Crippen LogP contribution in [0.4, 0.5) is 0 Å². The molecular weight excluding hydrogens is 216 g/mol. The summed E-state index contributed by atoms with van der Waals surface area (Å²) >= 11 is 0. The van der Waals surface area contributed by atoms with Gasteiger partial charge in [-0.25, -0.2) is 0 Å². The second-order valence-corrected chi connectivity index (χ2v) is 4.91. The Labute approximate surface area is 99.4 Å². The number of amides is 2. The molecule has 0 spiro atoms. The number of carbonyl (C=O) groups excluding carboxylic acids is 2. The Morgan fingerprint density at radius 1 is 1.18 bits per heavy atom. The van der Waals surface area contributed by atoms with Crippen molar-refractivity contribution in [3.8, 4) is 0 Å². The zero-order valence-corrected chi connectivity index (χ0v) is 9.64. The summed E-state index contributed by atoms with van der Waals surface area (Å²) in [4.78, 5) is 25.7. The lowest BCUT2D eigenvalue weighted by molar-refractivity contribution is 0.0483. The number of fused-ring (bicyclic) bond motifs is 1. The number of nitrogens with zero attached hydrogens (tertiary/aromatic N) is 1. The number of hydrogen-bond acceptors (Lipinski definition) is 3. The molecule has 0 bridgehead atoms. The summed E-state index contributed by atoms with van der Waals surface area (Å²) in [5.74, 6) is -0.326. The van der Waals surface area contributed by atoms with E-state index in [0.29, 0.717) is 11.1 Å². The van der Waals surface area contributed by atoms with E-state index in [1.54, 1.807) is 12.1 Å². The van der Waals surface area contributed by atoms with Crippen molar-refractivity contribution in [2.24, 2.45) is 5.73 Å². The molecule has 3 rings (SSSR count). The number of nitrogens with two attached hydrogens (primary N) is 1. The number of hydrogen-bond donors (Lipinski definition) is 1. The fourth-order valence-corrected chi connectivity index (χ4v) is 2.55. The Kier molecular flexibility index (Phi) is 2.10. The zero-order valence-electron chi connectivity index (χ0n) is 9.64. The first-order valence-corrected chi connectivity index (χ1v) is 5.82. The standard InChI is InChI=1S/C13H14N2O2/c1-7-2-3-10-11(4-7)13(17)15(12(10)16)9-5-8(14)6-9/h2-4,8-9H,5-6,14H2,1H3. The van der Waals surface area contributed by atoms with Gasteiger partial charge < -0.3 is 5.73 Å². The van der Waals surface area contributed by atoms with Crippen LogP contribution in [0.5, 0.6) is 0 Å². The zero-order chi connectivity index (χ0) is 12.2. The van der Waals surface area contributed by atoms with Gasteiger partial charge in [0.25, 0.3) is 11.8 Å². The minimum Gasteiger partial charge on any atom is -0.328 e. The molecule has 2 aliphatic rings. The largest absolute Gasteiger partial charge is 0.328 e. The van der Waals surface area contributed by atoms with Crippen molar-refractivity contribution in [3.05, 3.63) is 34.9 Å².